The molecule has 9 heteroatoms. The molecule has 0 spiro atoms. The fraction of sp³-hybridized carbons (Fsp3) is 0.0870. The summed E-state index contributed by atoms with van der Waals surface area (Å²) < 4.78 is 18.2. The van der Waals surface area contributed by atoms with E-state index in [4.69, 9.17) is 13.6 Å². The van der Waals surface area contributed by atoms with Crippen LogP contribution in [-0.4, -0.2) is 24.7 Å². The van der Waals surface area contributed by atoms with Gasteiger partial charge in [0.15, 0.2) is 5.76 Å². The molecule has 4 rings (SSSR count). The molecule has 162 valence electrons. The molecule has 0 saturated carbocycles. The number of nitrogens with one attached hydrogen (secondary N) is 1. The van der Waals surface area contributed by atoms with Gasteiger partial charge in [-0.3, -0.25) is 4.79 Å². The third-order valence-corrected chi connectivity index (χ3v) is 5.68. The van der Waals surface area contributed by atoms with Gasteiger partial charge in [0.1, 0.15) is 17.1 Å². The fourth-order valence-corrected chi connectivity index (χ4v) is 4.62. The first-order valence-corrected chi connectivity index (χ1v) is 11.4. The second-order valence-electron chi connectivity index (χ2n) is 6.62. The number of carbonyl (C=O) groups excluding carboxylic acids is 2. The number of hydrazone groups is 1. The molecule has 2 aromatic carbocycles. The van der Waals surface area contributed by atoms with Crippen molar-refractivity contribution in [2.45, 2.75) is 6.92 Å². The Hall–Kier alpha value is -2.92. The fourth-order valence-electron chi connectivity index (χ4n) is 2.96. The second kappa shape index (κ2) is 9.70. The lowest BCUT2D eigenvalue weighted by molar-refractivity contribution is 0.0526. The van der Waals surface area contributed by atoms with Crippen LogP contribution in [-0.2, 0) is 4.74 Å². The first kappa shape index (κ1) is 22.3. The van der Waals surface area contributed by atoms with Gasteiger partial charge in [-0.15, -0.1) is 0 Å². The molecule has 4 aromatic rings. The van der Waals surface area contributed by atoms with Gasteiger partial charge in [-0.1, -0.05) is 28.1 Å². The number of hydrogen-bond acceptors (Lipinski definition) is 6. The van der Waals surface area contributed by atoms with Crippen molar-refractivity contribution in [3.05, 3.63) is 79.7 Å². The molecule has 0 unspecified atom stereocenters. The lowest BCUT2D eigenvalue weighted by Gasteiger charge is -2.02. The molecule has 0 bridgehead atoms. The average Bonchev–Trinajstić information content (AvgIpc) is 3.41. The van der Waals surface area contributed by atoms with E-state index >= 15 is 0 Å². The van der Waals surface area contributed by atoms with E-state index in [1.165, 1.54) is 6.21 Å². The summed E-state index contributed by atoms with van der Waals surface area (Å²) >= 11 is 5.58. The number of ether oxygens (including phenoxy) is 1. The predicted octanol–water partition coefficient (Wildman–Crippen LogP) is 6.00. The first-order valence-electron chi connectivity index (χ1n) is 9.54. The molecular formula is C23H16BrIN2O5. The molecule has 7 nitrogen and oxygen atoms in total. The number of benzene rings is 2. The van der Waals surface area contributed by atoms with Gasteiger partial charge in [0, 0.05) is 15.4 Å². The molecule has 0 radical (unpaired) electrons. The minimum Gasteiger partial charge on any atom is -0.462 e. The smallest absolute Gasteiger partial charge is 0.338 e. The van der Waals surface area contributed by atoms with Crippen molar-refractivity contribution in [1.29, 1.82) is 0 Å². The van der Waals surface area contributed by atoms with Crippen molar-refractivity contribution in [2.24, 2.45) is 5.10 Å². The van der Waals surface area contributed by atoms with E-state index in [0.717, 1.165) is 19.0 Å². The van der Waals surface area contributed by atoms with Crippen LogP contribution >= 0.6 is 38.5 Å². The summed E-state index contributed by atoms with van der Waals surface area (Å²) in [5, 5.41) is 4.76. The zero-order valence-corrected chi connectivity index (χ0v) is 20.5. The molecule has 0 saturated heterocycles. The molecule has 0 aliphatic rings. The maximum Gasteiger partial charge on any atom is 0.338 e. The summed E-state index contributed by atoms with van der Waals surface area (Å²) in [6.07, 6.45) is 1.40. The molecular weight excluding hydrogens is 591 g/mol. The van der Waals surface area contributed by atoms with Crippen LogP contribution in [0.3, 0.4) is 0 Å². The van der Waals surface area contributed by atoms with Crippen LogP contribution in [0.25, 0.3) is 22.3 Å². The van der Waals surface area contributed by atoms with Crippen LogP contribution in [0.4, 0.5) is 0 Å². The number of fused-ring (bicyclic) bond motifs is 1. The number of hydrogen-bond donors (Lipinski definition) is 1. The van der Waals surface area contributed by atoms with Gasteiger partial charge < -0.3 is 13.6 Å². The predicted molar refractivity (Wildman–Crippen MR) is 132 cm³/mol. The van der Waals surface area contributed by atoms with E-state index in [0.29, 0.717) is 29.3 Å². The van der Waals surface area contributed by atoms with Gasteiger partial charge in [0.2, 0.25) is 0 Å². The minimum absolute atomic E-state index is 0.162. The Kier molecular flexibility index (Phi) is 6.75. The highest BCUT2D eigenvalue weighted by Gasteiger charge is 2.14. The summed E-state index contributed by atoms with van der Waals surface area (Å²) in [4.78, 5) is 24.1. The van der Waals surface area contributed by atoms with Crippen molar-refractivity contribution in [1.82, 2.24) is 5.43 Å². The number of nitrogens with zero attached hydrogens (tertiary/aromatic N) is 1. The van der Waals surface area contributed by atoms with E-state index in [2.05, 4.69) is 49.0 Å². The molecule has 0 aliphatic carbocycles. The van der Waals surface area contributed by atoms with E-state index in [1.807, 2.05) is 12.1 Å². The normalized spacial score (nSPS) is 11.2. The molecule has 0 aliphatic heterocycles. The van der Waals surface area contributed by atoms with Crippen molar-refractivity contribution in [3.63, 3.8) is 0 Å². The Bertz CT molecular complexity index is 1320. The number of halogens is 2. The zero-order valence-electron chi connectivity index (χ0n) is 16.7. The van der Waals surface area contributed by atoms with E-state index < -0.39 is 5.91 Å². The Balaban J connectivity index is 1.41. The standard InChI is InChI=1S/C23H16BrIN2O5/c1-2-30-23(29)14-5-3-13(4-6-14)19-8-7-17(31-19)12-26-27-22(28)20-10-15-9-16(24)11-18(25)21(15)32-20/h3-12H,2H2,1H3,(H,27,28)/b26-12-. The third kappa shape index (κ3) is 4.94. The molecule has 1 N–H and O–H groups in total. The maximum atomic E-state index is 12.4. The van der Waals surface area contributed by atoms with Crippen molar-refractivity contribution < 1.29 is 23.2 Å². The monoisotopic (exact) mass is 606 g/mol. The third-order valence-electron chi connectivity index (χ3n) is 4.42. The van der Waals surface area contributed by atoms with Crippen LogP contribution in [0.1, 0.15) is 33.6 Å². The number of amides is 1. The number of rotatable bonds is 6. The maximum absolute atomic E-state index is 12.4. The van der Waals surface area contributed by atoms with Gasteiger partial charge in [0.05, 0.1) is 22.0 Å². The zero-order chi connectivity index (χ0) is 22.7. The Morgan fingerprint density at radius 2 is 1.91 bits per heavy atom. The molecule has 2 aromatic heterocycles. The van der Waals surface area contributed by atoms with Crippen LogP contribution in [0.2, 0.25) is 0 Å². The van der Waals surface area contributed by atoms with Crippen molar-refractivity contribution >= 4 is 67.6 Å². The van der Waals surface area contributed by atoms with Crippen LogP contribution < -0.4 is 5.43 Å². The summed E-state index contributed by atoms with van der Waals surface area (Å²) in [5.41, 5.74) is 4.35. The van der Waals surface area contributed by atoms with Gasteiger partial charge in [-0.05, 0) is 72.0 Å². The number of furan rings is 2. The van der Waals surface area contributed by atoms with E-state index in [9.17, 15) is 9.59 Å². The van der Waals surface area contributed by atoms with Crippen LogP contribution in [0.15, 0.2) is 73.0 Å². The Labute approximate surface area is 205 Å². The Morgan fingerprint density at radius 1 is 1.12 bits per heavy atom. The van der Waals surface area contributed by atoms with Gasteiger partial charge in [-0.25, -0.2) is 10.2 Å². The van der Waals surface area contributed by atoms with Crippen molar-refractivity contribution in [2.75, 3.05) is 6.61 Å². The van der Waals surface area contributed by atoms with Crippen molar-refractivity contribution in [3.8, 4) is 11.3 Å². The van der Waals surface area contributed by atoms with Crippen LogP contribution in [0, 0.1) is 3.57 Å². The summed E-state index contributed by atoms with van der Waals surface area (Å²) in [6.45, 7) is 2.09. The second-order valence-corrected chi connectivity index (χ2v) is 8.69. The molecule has 0 atom stereocenters. The summed E-state index contributed by atoms with van der Waals surface area (Å²) in [6, 6.07) is 15.9. The highest BCUT2D eigenvalue weighted by atomic mass is 127. The molecule has 1 amide bonds. The highest BCUT2D eigenvalue weighted by Crippen LogP contribution is 2.28. The average molecular weight is 607 g/mol. The lowest BCUT2D eigenvalue weighted by atomic mass is 10.1. The van der Waals surface area contributed by atoms with Gasteiger partial charge in [0.25, 0.3) is 0 Å². The Morgan fingerprint density at radius 3 is 2.66 bits per heavy atom. The number of carbonyl (C=O) groups is 2. The van der Waals surface area contributed by atoms with Crippen LogP contribution in [0.5, 0.6) is 0 Å². The largest absolute Gasteiger partial charge is 0.462 e. The first-order chi connectivity index (χ1) is 15.4. The number of esters is 1. The topological polar surface area (TPSA) is 94.0 Å². The highest BCUT2D eigenvalue weighted by molar-refractivity contribution is 14.1. The SMILES string of the molecule is CCOC(=O)c1ccc(-c2ccc(/C=N\NC(=O)c3cc4cc(Br)cc(I)c4o3)o2)cc1. The van der Waals surface area contributed by atoms with E-state index in [1.54, 1.807) is 49.4 Å². The molecule has 0 fully saturated rings. The van der Waals surface area contributed by atoms with Gasteiger partial charge in [-0.2, -0.15) is 5.10 Å². The lowest BCUT2D eigenvalue weighted by Crippen LogP contribution is -2.16. The quantitative estimate of drug-likeness (QED) is 0.126. The van der Waals surface area contributed by atoms with Gasteiger partial charge >= 0.3 is 11.9 Å². The molecule has 32 heavy (non-hydrogen) atoms. The van der Waals surface area contributed by atoms with E-state index in [-0.39, 0.29) is 11.7 Å². The summed E-state index contributed by atoms with van der Waals surface area (Å²) in [5.74, 6) is 0.387. The molecule has 2 heterocycles. The minimum atomic E-state index is -0.467. The summed E-state index contributed by atoms with van der Waals surface area (Å²) in [7, 11) is 0.